The molecule has 1 aliphatic heterocycles. The van der Waals surface area contributed by atoms with E-state index in [0.717, 1.165) is 43.1 Å². The van der Waals surface area contributed by atoms with Crippen molar-refractivity contribution >= 4 is 33.2 Å². The first kappa shape index (κ1) is 24.4. The third-order valence-electron chi connectivity index (χ3n) is 7.80. The fourth-order valence-corrected chi connectivity index (χ4v) is 7.40. The van der Waals surface area contributed by atoms with E-state index < -0.39 is 15.9 Å². The topological polar surface area (TPSA) is 75.7 Å². The van der Waals surface area contributed by atoms with E-state index in [0.29, 0.717) is 18.3 Å². The van der Waals surface area contributed by atoms with Gasteiger partial charge in [-0.2, -0.15) is 0 Å². The summed E-state index contributed by atoms with van der Waals surface area (Å²) in [6, 6.07) is 11.1. The number of carbonyl (C=O) groups excluding carboxylic acids is 1. The van der Waals surface area contributed by atoms with E-state index in [9.17, 15) is 13.2 Å². The van der Waals surface area contributed by atoms with E-state index in [-0.39, 0.29) is 10.3 Å². The maximum atomic E-state index is 12.8. The fraction of sp³-hybridized carbons (Fsp3) is 0.519. The Morgan fingerprint density at radius 3 is 2.71 bits per heavy atom. The minimum absolute atomic E-state index is 0.0791. The minimum atomic E-state index is -3.94. The van der Waals surface area contributed by atoms with Crippen molar-refractivity contribution in [2.24, 2.45) is 5.92 Å². The van der Waals surface area contributed by atoms with Crippen LogP contribution in [0.4, 0.5) is 5.69 Å². The van der Waals surface area contributed by atoms with Crippen LogP contribution in [-0.2, 0) is 26.7 Å². The molecule has 0 aromatic heterocycles. The molecule has 1 saturated carbocycles. The number of nitrogens with zero attached hydrogens (tertiary/aromatic N) is 1. The summed E-state index contributed by atoms with van der Waals surface area (Å²) in [7, 11) is -3.94. The molecule has 1 spiro atoms. The zero-order chi connectivity index (χ0) is 24.6. The molecule has 1 heterocycles. The van der Waals surface area contributed by atoms with E-state index in [1.165, 1.54) is 56.2 Å². The van der Waals surface area contributed by atoms with Gasteiger partial charge in [-0.25, -0.2) is 13.1 Å². The Morgan fingerprint density at radius 1 is 1.14 bits per heavy atom. The first-order valence-corrected chi connectivity index (χ1v) is 14.5. The third kappa shape index (κ3) is 5.03. The first-order valence-electron chi connectivity index (χ1n) is 12.6. The van der Waals surface area contributed by atoms with Crippen LogP contribution in [-0.4, -0.2) is 34.0 Å². The highest BCUT2D eigenvalue weighted by Gasteiger charge is 2.42. The van der Waals surface area contributed by atoms with Gasteiger partial charge in [0.25, 0.3) is 10.0 Å². The lowest BCUT2D eigenvalue weighted by atomic mass is 9.70. The number of sulfonamides is 1. The Hall–Kier alpha value is -2.25. The summed E-state index contributed by atoms with van der Waals surface area (Å²) >= 11 is 6.33. The smallest absolute Gasteiger partial charge is 0.264 e. The molecular formula is C27H33ClN2O4S. The van der Waals surface area contributed by atoms with Gasteiger partial charge in [0.05, 0.1) is 17.2 Å². The third-order valence-corrected chi connectivity index (χ3v) is 9.47. The van der Waals surface area contributed by atoms with Crippen LogP contribution in [0.25, 0.3) is 0 Å². The van der Waals surface area contributed by atoms with Crippen molar-refractivity contribution in [1.29, 1.82) is 0 Å². The summed E-state index contributed by atoms with van der Waals surface area (Å²) < 4.78 is 34.1. The van der Waals surface area contributed by atoms with Crippen molar-refractivity contribution in [3.05, 3.63) is 52.5 Å². The molecule has 8 heteroatoms. The van der Waals surface area contributed by atoms with Crippen LogP contribution in [0.3, 0.4) is 0 Å². The molecule has 2 aliphatic carbocycles. The SMILES string of the molecule is CC(=O)NS(=O)(=O)c1ccc2c(c1)N(CC1CCCCC1)CC1(CCCc3cc(Cl)ccc31)CO2. The highest BCUT2D eigenvalue weighted by Crippen LogP contribution is 2.45. The van der Waals surface area contributed by atoms with Crippen LogP contribution in [0.5, 0.6) is 5.75 Å². The highest BCUT2D eigenvalue weighted by molar-refractivity contribution is 7.90. The number of hydrogen-bond acceptors (Lipinski definition) is 5. The van der Waals surface area contributed by atoms with E-state index in [2.05, 4.69) is 21.8 Å². The molecule has 1 fully saturated rings. The van der Waals surface area contributed by atoms with Crippen LogP contribution < -0.4 is 14.4 Å². The van der Waals surface area contributed by atoms with Crippen molar-refractivity contribution in [1.82, 2.24) is 4.72 Å². The molecule has 0 saturated heterocycles. The number of halogens is 1. The molecule has 2 aromatic rings. The molecule has 1 unspecified atom stereocenters. The van der Waals surface area contributed by atoms with Gasteiger partial charge in [0.2, 0.25) is 5.91 Å². The van der Waals surface area contributed by atoms with Crippen LogP contribution >= 0.6 is 11.6 Å². The number of ether oxygens (including phenoxy) is 1. The van der Waals surface area contributed by atoms with Gasteiger partial charge in [-0.1, -0.05) is 36.9 Å². The largest absolute Gasteiger partial charge is 0.490 e. The number of anilines is 1. The minimum Gasteiger partial charge on any atom is -0.490 e. The zero-order valence-electron chi connectivity index (χ0n) is 20.2. The second kappa shape index (κ2) is 9.66. The van der Waals surface area contributed by atoms with Crippen LogP contribution in [0.15, 0.2) is 41.3 Å². The standard InChI is InChI=1S/C27H33ClN2O4S/c1-19(31)29-35(32,33)23-10-12-26-25(15-23)30(16-20-6-3-2-4-7-20)17-27(18-34-26)13-5-8-21-14-22(28)9-11-24(21)27/h9-12,14-15,20H,2-8,13,16-18H2,1H3,(H,29,31). The molecule has 0 bridgehead atoms. The number of hydrogen-bond donors (Lipinski definition) is 1. The molecular weight excluding hydrogens is 484 g/mol. The van der Waals surface area contributed by atoms with Gasteiger partial charge in [0.15, 0.2) is 0 Å². The predicted molar refractivity (Wildman–Crippen MR) is 138 cm³/mol. The van der Waals surface area contributed by atoms with Crippen molar-refractivity contribution in [3.63, 3.8) is 0 Å². The quantitative estimate of drug-likeness (QED) is 0.603. The van der Waals surface area contributed by atoms with Gasteiger partial charge in [-0.15, -0.1) is 0 Å². The number of aryl methyl sites for hydroxylation is 1. The van der Waals surface area contributed by atoms with E-state index >= 15 is 0 Å². The molecule has 5 rings (SSSR count). The number of fused-ring (bicyclic) bond motifs is 3. The second-order valence-electron chi connectivity index (χ2n) is 10.4. The Bertz CT molecular complexity index is 1230. The van der Waals surface area contributed by atoms with Crippen molar-refractivity contribution in [2.75, 3.05) is 24.6 Å². The Kier molecular flexibility index (Phi) is 6.75. The first-order chi connectivity index (χ1) is 16.8. The number of amides is 1. The molecule has 0 radical (unpaired) electrons. The number of benzene rings is 2. The van der Waals surface area contributed by atoms with Gasteiger partial charge < -0.3 is 9.64 Å². The molecule has 3 aliphatic rings. The lowest BCUT2D eigenvalue weighted by Gasteiger charge is -2.42. The van der Waals surface area contributed by atoms with Gasteiger partial charge in [-0.3, -0.25) is 4.79 Å². The molecule has 1 atom stereocenters. The fourth-order valence-electron chi connectivity index (χ4n) is 6.19. The molecule has 35 heavy (non-hydrogen) atoms. The maximum absolute atomic E-state index is 12.8. The Labute approximate surface area is 213 Å². The Morgan fingerprint density at radius 2 is 1.94 bits per heavy atom. The lowest BCUT2D eigenvalue weighted by molar-refractivity contribution is -0.117. The molecule has 2 aromatic carbocycles. The van der Waals surface area contributed by atoms with E-state index in [1.54, 1.807) is 12.1 Å². The maximum Gasteiger partial charge on any atom is 0.264 e. The van der Waals surface area contributed by atoms with Crippen molar-refractivity contribution in [2.45, 2.75) is 68.6 Å². The van der Waals surface area contributed by atoms with Gasteiger partial charge in [0.1, 0.15) is 5.75 Å². The monoisotopic (exact) mass is 516 g/mol. The average Bonchev–Trinajstić information content (AvgIpc) is 2.96. The molecule has 1 amide bonds. The van der Waals surface area contributed by atoms with Crippen LogP contribution in [0.2, 0.25) is 5.02 Å². The molecule has 6 nitrogen and oxygen atoms in total. The summed E-state index contributed by atoms with van der Waals surface area (Å²) in [6.07, 6.45) is 9.22. The Balaban J connectivity index is 1.56. The number of nitrogens with one attached hydrogen (secondary N) is 1. The second-order valence-corrected chi connectivity index (χ2v) is 12.5. The molecule has 1 N–H and O–H groups in total. The number of carbonyl (C=O) groups is 1. The van der Waals surface area contributed by atoms with Gasteiger partial charge >= 0.3 is 0 Å². The van der Waals surface area contributed by atoms with Gasteiger partial charge in [0, 0.05) is 30.5 Å². The summed E-state index contributed by atoms with van der Waals surface area (Å²) in [4.78, 5) is 13.9. The predicted octanol–water partition coefficient (Wildman–Crippen LogP) is 5.22. The lowest BCUT2D eigenvalue weighted by Crippen LogP contribution is -2.47. The molecule has 188 valence electrons. The summed E-state index contributed by atoms with van der Waals surface area (Å²) in [5.74, 6) is 0.655. The number of rotatable bonds is 4. The van der Waals surface area contributed by atoms with E-state index in [4.69, 9.17) is 16.3 Å². The summed E-state index contributed by atoms with van der Waals surface area (Å²) in [6.45, 7) is 3.36. The van der Waals surface area contributed by atoms with E-state index in [1.807, 2.05) is 6.07 Å². The summed E-state index contributed by atoms with van der Waals surface area (Å²) in [5.41, 5.74) is 3.17. The van der Waals surface area contributed by atoms with Crippen molar-refractivity contribution in [3.8, 4) is 5.75 Å². The van der Waals surface area contributed by atoms with Gasteiger partial charge in [-0.05, 0) is 79.5 Å². The highest BCUT2D eigenvalue weighted by atomic mass is 35.5. The summed E-state index contributed by atoms with van der Waals surface area (Å²) in [5, 5.41) is 0.755. The van der Waals surface area contributed by atoms with Crippen LogP contribution in [0, 0.1) is 5.92 Å². The normalized spacial score (nSPS) is 22.6. The zero-order valence-corrected chi connectivity index (χ0v) is 21.8. The van der Waals surface area contributed by atoms with Crippen molar-refractivity contribution < 1.29 is 17.9 Å². The van der Waals surface area contributed by atoms with Crippen LogP contribution in [0.1, 0.15) is 63.0 Å². The average molecular weight is 517 g/mol.